The molecule has 0 saturated carbocycles. The first-order valence-electron chi connectivity index (χ1n) is 6.08. The van der Waals surface area contributed by atoms with Gasteiger partial charge in [-0.25, -0.2) is 4.79 Å². The highest BCUT2D eigenvalue weighted by Gasteiger charge is 2.76. The van der Waals surface area contributed by atoms with Gasteiger partial charge in [-0.1, -0.05) is 13.8 Å². The maximum atomic E-state index is 12.0. The van der Waals surface area contributed by atoms with E-state index in [1.807, 2.05) is 13.8 Å². The number of ether oxygens (including phenoxy) is 3. The average molecular weight is 228 g/mol. The Morgan fingerprint density at radius 2 is 2.25 bits per heavy atom. The normalized spacial score (nSPS) is 42.1. The van der Waals surface area contributed by atoms with Gasteiger partial charge in [0.05, 0.1) is 13.2 Å². The highest BCUT2D eigenvalue weighted by atomic mass is 16.7. The molecule has 4 heteroatoms. The fourth-order valence-corrected chi connectivity index (χ4v) is 2.88. The standard InChI is InChI=1S/C12H20O4/c1-4-11(10(13)15-5-2)12(16-11)6-7-14-8-9(12)3/h9H,4-8H2,1-3H3. The maximum absolute atomic E-state index is 12.0. The number of carbonyl (C=O) groups is 1. The Balaban J connectivity index is 2.17. The van der Waals surface area contributed by atoms with Gasteiger partial charge in [-0.05, 0) is 13.3 Å². The van der Waals surface area contributed by atoms with Crippen molar-refractivity contribution in [2.24, 2.45) is 5.92 Å². The number of esters is 1. The van der Waals surface area contributed by atoms with Gasteiger partial charge < -0.3 is 14.2 Å². The molecule has 0 aromatic carbocycles. The van der Waals surface area contributed by atoms with Crippen molar-refractivity contribution in [3.63, 3.8) is 0 Å². The molecule has 1 spiro atoms. The Hall–Kier alpha value is -0.610. The van der Waals surface area contributed by atoms with Crippen LogP contribution in [0.2, 0.25) is 0 Å². The van der Waals surface area contributed by atoms with Gasteiger partial charge in [0, 0.05) is 18.9 Å². The topological polar surface area (TPSA) is 48.1 Å². The lowest BCUT2D eigenvalue weighted by Crippen LogP contribution is -2.44. The van der Waals surface area contributed by atoms with Crippen LogP contribution >= 0.6 is 0 Å². The van der Waals surface area contributed by atoms with Crippen LogP contribution in [0.5, 0.6) is 0 Å². The summed E-state index contributed by atoms with van der Waals surface area (Å²) in [6.07, 6.45) is 1.47. The Bertz CT molecular complexity index is 291. The summed E-state index contributed by atoms with van der Waals surface area (Å²) in [7, 11) is 0. The van der Waals surface area contributed by atoms with Gasteiger partial charge in [-0.2, -0.15) is 0 Å². The molecular formula is C12H20O4. The fraction of sp³-hybridized carbons (Fsp3) is 0.917. The van der Waals surface area contributed by atoms with E-state index in [1.54, 1.807) is 0 Å². The molecule has 2 aliphatic heterocycles. The molecule has 2 heterocycles. The quantitative estimate of drug-likeness (QED) is 0.543. The summed E-state index contributed by atoms with van der Waals surface area (Å²) in [6.45, 7) is 7.63. The molecule has 0 aromatic rings. The lowest BCUT2D eigenvalue weighted by atomic mass is 9.78. The Labute approximate surface area is 96.2 Å². The third kappa shape index (κ3) is 1.39. The van der Waals surface area contributed by atoms with Crippen molar-refractivity contribution in [2.45, 2.75) is 44.8 Å². The molecule has 3 unspecified atom stereocenters. The molecule has 2 fully saturated rings. The second kappa shape index (κ2) is 4.00. The van der Waals surface area contributed by atoms with Gasteiger partial charge in [0.1, 0.15) is 5.60 Å². The van der Waals surface area contributed by atoms with Crippen LogP contribution in [-0.2, 0) is 19.0 Å². The van der Waals surface area contributed by atoms with Crippen LogP contribution in [0, 0.1) is 5.92 Å². The van der Waals surface area contributed by atoms with Crippen LogP contribution in [0.4, 0.5) is 0 Å². The van der Waals surface area contributed by atoms with Crippen LogP contribution in [0.25, 0.3) is 0 Å². The first kappa shape index (κ1) is 11.9. The van der Waals surface area contributed by atoms with E-state index in [4.69, 9.17) is 14.2 Å². The molecule has 92 valence electrons. The molecule has 4 nitrogen and oxygen atoms in total. The van der Waals surface area contributed by atoms with Gasteiger partial charge in [0.15, 0.2) is 5.60 Å². The number of carbonyl (C=O) groups excluding carboxylic acids is 1. The first-order valence-corrected chi connectivity index (χ1v) is 6.08. The van der Waals surface area contributed by atoms with Gasteiger partial charge >= 0.3 is 5.97 Å². The molecule has 16 heavy (non-hydrogen) atoms. The van der Waals surface area contributed by atoms with Crippen LogP contribution in [0.15, 0.2) is 0 Å². The third-order valence-electron chi connectivity index (χ3n) is 3.88. The molecule has 0 bridgehead atoms. The highest BCUT2D eigenvalue weighted by molar-refractivity contribution is 5.85. The Morgan fingerprint density at radius 3 is 2.81 bits per heavy atom. The molecule has 0 radical (unpaired) electrons. The van der Waals surface area contributed by atoms with Crippen molar-refractivity contribution >= 4 is 5.97 Å². The van der Waals surface area contributed by atoms with E-state index in [1.165, 1.54) is 0 Å². The number of hydrogen-bond donors (Lipinski definition) is 0. The SMILES string of the molecule is CCOC(=O)C1(CC)OC12CCOCC2C. The first-order chi connectivity index (χ1) is 7.63. The van der Waals surface area contributed by atoms with E-state index >= 15 is 0 Å². The molecule has 0 aliphatic carbocycles. The average Bonchev–Trinajstić information content (AvgIpc) is 2.94. The van der Waals surface area contributed by atoms with Gasteiger partial charge in [-0.3, -0.25) is 0 Å². The molecule has 0 amide bonds. The number of hydrogen-bond acceptors (Lipinski definition) is 4. The summed E-state index contributed by atoms with van der Waals surface area (Å²) in [6, 6.07) is 0. The second-order valence-corrected chi connectivity index (χ2v) is 4.62. The predicted octanol–water partition coefficient (Wildman–Crippen LogP) is 1.52. The summed E-state index contributed by atoms with van der Waals surface area (Å²) < 4.78 is 16.4. The zero-order chi connectivity index (χ0) is 11.8. The van der Waals surface area contributed by atoms with Crippen LogP contribution in [-0.4, -0.2) is 37.0 Å². The lowest BCUT2D eigenvalue weighted by molar-refractivity contribution is -0.149. The van der Waals surface area contributed by atoms with Gasteiger partial charge in [0.25, 0.3) is 0 Å². The molecule has 0 aromatic heterocycles. The minimum Gasteiger partial charge on any atom is -0.464 e. The number of rotatable bonds is 3. The minimum atomic E-state index is -0.702. The fourth-order valence-electron chi connectivity index (χ4n) is 2.88. The van der Waals surface area contributed by atoms with Crippen LogP contribution in [0.1, 0.15) is 33.6 Å². The summed E-state index contributed by atoms with van der Waals surface area (Å²) in [4.78, 5) is 12.0. The second-order valence-electron chi connectivity index (χ2n) is 4.62. The smallest absolute Gasteiger partial charge is 0.341 e. The maximum Gasteiger partial charge on any atom is 0.341 e. The van der Waals surface area contributed by atoms with E-state index in [9.17, 15) is 4.79 Å². The Morgan fingerprint density at radius 1 is 1.50 bits per heavy atom. The molecule has 3 atom stereocenters. The molecule has 2 saturated heterocycles. The predicted molar refractivity (Wildman–Crippen MR) is 58.1 cm³/mol. The van der Waals surface area contributed by atoms with Crippen LogP contribution in [0.3, 0.4) is 0 Å². The van der Waals surface area contributed by atoms with Crippen molar-refractivity contribution in [2.75, 3.05) is 19.8 Å². The summed E-state index contributed by atoms with van der Waals surface area (Å²) in [5, 5.41) is 0. The monoisotopic (exact) mass is 228 g/mol. The highest BCUT2D eigenvalue weighted by Crippen LogP contribution is 2.59. The van der Waals surface area contributed by atoms with Crippen molar-refractivity contribution in [3.05, 3.63) is 0 Å². The lowest BCUT2D eigenvalue weighted by Gasteiger charge is -2.28. The zero-order valence-electron chi connectivity index (χ0n) is 10.2. The largest absolute Gasteiger partial charge is 0.464 e. The molecule has 0 N–H and O–H groups in total. The van der Waals surface area contributed by atoms with Crippen molar-refractivity contribution < 1.29 is 19.0 Å². The number of epoxide rings is 1. The van der Waals surface area contributed by atoms with E-state index in [2.05, 4.69) is 6.92 Å². The minimum absolute atomic E-state index is 0.203. The summed E-state index contributed by atoms with van der Waals surface area (Å²) in [5.41, 5.74) is -1.03. The van der Waals surface area contributed by atoms with Gasteiger partial charge in [-0.15, -0.1) is 0 Å². The van der Waals surface area contributed by atoms with E-state index in [0.717, 1.165) is 6.42 Å². The third-order valence-corrected chi connectivity index (χ3v) is 3.88. The summed E-state index contributed by atoms with van der Waals surface area (Å²) in [5.74, 6) is 0.0526. The Kier molecular flexibility index (Phi) is 2.97. The summed E-state index contributed by atoms with van der Waals surface area (Å²) >= 11 is 0. The molecular weight excluding hydrogens is 208 g/mol. The van der Waals surface area contributed by atoms with Gasteiger partial charge in [0.2, 0.25) is 0 Å². The van der Waals surface area contributed by atoms with E-state index in [0.29, 0.717) is 26.2 Å². The zero-order valence-corrected chi connectivity index (χ0v) is 10.2. The molecule has 2 rings (SSSR count). The van der Waals surface area contributed by atoms with Crippen molar-refractivity contribution in [3.8, 4) is 0 Å². The molecule has 2 aliphatic rings. The van der Waals surface area contributed by atoms with E-state index in [-0.39, 0.29) is 17.5 Å². The van der Waals surface area contributed by atoms with Crippen molar-refractivity contribution in [1.29, 1.82) is 0 Å². The van der Waals surface area contributed by atoms with Crippen molar-refractivity contribution in [1.82, 2.24) is 0 Å². The van der Waals surface area contributed by atoms with E-state index < -0.39 is 5.60 Å². The van der Waals surface area contributed by atoms with Crippen LogP contribution < -0.4 is 0 Å².